The number of nitrogens with one attached hydrogen (secondary N) is 2. The smallest absolute Gasteiger partial charge is 0.339 e. The zero-order valence-corrected chi connectivity index (χ0v) is 50.7. The number of carbonyl (C=O) groups excluding carboxylic acids is 4. The normalized spacial score (nSPS) is 20.2. The molecule has 16 nitrogen and oxygen atoms in total. The molecule has 3 atom stereocenters. The minimum absolute atomic E-state index is 0.0474. The number of aromatic carboxylic acids is 1. The molecule has 6 aromatic rings. The number of rotatable bonds is 16. The molecule has 6 aliphatic carbocycles. The van der Waals surface area contributed by atoms with Gasteiger partial charge in [-0.25, -0.2) is 27.6 Å². The van der Waals surface area contributed by atoms with Crippen LogP contribution in [0.25, 0.3) is 0 Å². The van der Waals surface area contributed by atoms with Crippen molar-refractivity contribution >= 4 is 35.7 Å². The lowest BCUT2D eigenvalue weighted by atomic mass is 9.94. The van der Waals surface area contributed by atoms with Crippen molar-refractivity contribution in [2.75, 3.05) is 13.2 Å². The van der Waals surface area contributed by atoms with E-state index in [1.54, 1.807) is 86.6 Å². The van der Waals surface area contributed by atoms with E-state index in [-0.39, 0.29) is 80.8 Å². The Morgan fingerprint density at radius 1 is 0.472 bits per heavy atom. The average molecular weight is 1220 g/mol. The van der Waals surface area contributed by atoms with Gasteiger partial charge < -0.3 is 50.3 Å². The number of carbonyl (C=O) groups is 6. The van der Waals surface area contributed by atoms with Crippen LogP contribution in [0.1, 0.15) is 153 Å². The number of hydrogen-bond donors (Lipinski definition) is 5. The Morgan fingerprint density at radius 3 is 1.19 bits per heavy atom. The van der Waals surface area contributed by atoms with Crippen LogP contribution in [0.2, 0.25) is 0 Å². The predicted octanol–water partition coefficient (Wildman–Crippen LogP) is 11.1. The van der Waals surface area contributed by atoms with E-state index in [9.17, 15) is 47.0 Å². The molecule has 0 spiro atoms. The maximum atomic E-state index is 14.4. The predicted molar refractivity (Wildman–Crippen MR) is 325 cm³/mol. The molecule has 0 saturated heterocycles. The molecule has 0 heterocycles. The first-order valence-electron chi connectivity index (χ1n) is 30.4. The first-order chi connectivity index (χ1) is 42.6. The van der Waals surface area contributed by atoms with Gasteiger partial charge in [0.1, 0.15) is 56.9 Å². The molecule has 0 aromatic heterocycles. The molecule has 12 rings (SSSR count). The van der Waals surface area contributed by atoms with Crippen LogP contribution in [0.4, 0.5) is 13.2 Å². The summed E-state index contributed by atoms with van der Waals surface area (Å²) < 4.78 is 69.9. The van der Waals surface area contributed by atoms with Gasteiger partial charge in [0, 0.05) is 38.5 Å². The van der Waals surface area contributed by atoms with Crippen LogP contribution in [0, 0.1) is 38.2 Å². The monoisotopic (exact) mass is 1220 g/mol. The second-order valence-electron chi connectivity index (χ2n) is 23.8. The molecule has 2 amide bonds. The van der Waals surface area contributed by atoms with Crippen molar-refractivity contribution in [3.63, 3.8) is 0 Å². The van der Waals surface area contributed by atoms with Gasteiger partial charge in [0.2, 0.25) is 0 Å². The summed E-state index contributed by atoms with van der Waals surface area (Å²) in [5.74, 6) is -3.59. The zero-order valence-electron chi connectivity index (χ0n) is 50.7. The summed E-state index contributed by atoms with van der Waals surface area (Å²) >= 11 is 0. The van der Waals surface area contributed by atoms with E-state index < -0.39 is 58.1 Å². The molecule has 6 aliphatic rings. The number of nitrogens with two attached hydrogens (primary N) is 1. The molecular weight excluding hydrogens is 1150 g/mol. The summed E-state index contributed by atoms with van der Waals surface area (Å²) in [7, 11) is 0. The number of ether oxygens (including phenoxy) is 5. The van der Waals surface area contributed by atoms with E-state index in [2.05, 4.69) is 10.6 Å². The van der Waals surface area contributed by atoms with Gasteiger partial charge in [-0.3, -0.25) is 14.4 Å². The van der Waals surface area contributed by atoms with Crippen LogP contribution in [0.3, 0.4) is 0 Å². The van der Waals surface area contributed by atoms with Crippen molar-refractivity contribution in [2.45, 2.75) is 166 Å². The highest BCUT2D eigenvalue weighted by Crippen LogP contribution is 2.38. The number of para-hydroxylation sites is 3. The first-order valence-corrected chi connectivity index (χ1v) is 30.4. The third-order valence-electron chi connectivity index (χ3n) is 17.4. The van der Waals surface area contributed by atoms with Gasteiger partial charge in [0.25, 0.3) is 11.8 Å². The molecule has 3 unspecified atom stereocenters. The number of amides is 2. The number of carboxylic acids is 2. The molecule has 6 aromatic carbocycles. The van der Waals surface area contributed by atoms with Crippen molar-refractivity contribution in [1.82, 2.24) is 10.6 Å². The summed E-state index contributed by atoms with van der Waals surface area (Å²) in [6, 6.07) is 30.0. The van der Waals surface area contributed by atoms with Gasteiger partial charge in [-0.15, -0.1) is 0 Å². The van der Waals surface area contributed by atoms with Crippen LogP contribution in [0.5, 0.6) is 17.2 Å². The number of aryl methyl sites for hydroxylation is 3. The van der Waals surface area contributed by atoms with E-state index in [0.717, 1.165) is 73.6 Å². The summed E-state index contributed by atoms with van der Waals surface area (Å²) in [6.07, 6.45) is 10.5. The number of benzene rings is 6. The third-order valence-corrected chi connectivity index (χ3v) is 17.4. The van der Waals surface area contributed by atoms with E-state index in [0.29, 0.717) is 62.6 Å². The average Bonchev–Trinajstić information content (AvgIpc) is 1.68. The molecule has 3 saturated carbocycles. The van der Waals surface area contributed by atoms with Crippen molar-refractivity contribution in [3.05, 3.63) is 193 Å². The molecule has 0 radical (unpaired) electrons. The maximum Gasteiger partial charge on any atom is 0.339 e. The number of esters is 2. The van der Waals surface area contributed by atoms with Gasteiger partial charge >= 0.3 is 23.9 Å². The van der Waals surface area contributed by atoms with Gasteiger partial charge in [0.05, 0.1) is 42.7 Å². The van der Waals surface area contributed by atoms with E-state index in [1.165, 1.54) is 24.6 Å². The summed E-state index contributed by atoms with van der Waals surface area (Å²) in [6.45, 7) is 9.53. The van der Waals surface area contributed by atoms with Crippen LogP contribution < -0.4 is 30.6 Å². The minimum Gasteiger partial charge on any atom is -0.489 e. The largest absolute Gasteiger partial charge is 0.489 e. The van der Waals surface area contributed by atoms with Crippen molar-refractivity contribution in [2.24, 2.45) is 5.73 Å². The quantitative estimate of drug-likeness (QED) is 0.0567. The molecule has 470 valence electrons. The number of halogens is 3. The lowest BCUT2D eigenvalue weighted by molar-refractivity contribution is -0.150. The standard InChI is InChI=1S/C24H26FNO4.C22H22FNO4.C12H14FNO2.C12H14O3/c1-3-29-23(28)24(13-16-8-5-12-20(25)19(16)14-24)26-22(27)18-11-4-7-15(2)21(18)30-17-9-6-10-17;1-13-5-2-9-16(19(13)28-15-7-4-8-15)20(25)24-22(21(26)27)11-14-6-3-10-18(23)17(14)12-22;1-2-16-11(15)12(14)6-8-4-3-5-10(13)9(8)7-12;1-8-4-2-7-10(12(13)14)11(8)15-9-5-3-6-9/h4-5,7-8,11-12,17H,3,6,9-10,13-14H2,1-2H3,(H,26,27);2-3,5-6,9-10,15H,4,7-8,11-12H2,1H3,(H,24,25)(H,26,27);3-5H,2,6-7,14H2,1H3;2,4,7,9H,3,5-6H2,1H3,(H,13,14). The number of fused-ring (bicyclic) bond motifs is 3. The van der Waals surface area contributed by atoms with E-state index in [4.69, 9.17) is 34.5 Å². The maximum absolute atomic E-state index is 14.4. The van der Waals surface area contributed by atoms with Crippen molar-refractivity contribution < 1.29 is 75.8 Å². The molecule has 89 heavy (non-hydrogen) atoms. The second-order valence-corrected chi connectivity index (χ2v) is 23.8. The van der Waals surface area contributed by atoms with Gasteiger partial charge in [-0.1, -0.05) is 72.8 Å². The lowest BCUT2D eigenvalue weighted by Gasteiger charge is -2.30. The Kier molecular flexibility index (Phi) is 20.2. The second kappa shape index (κ2) is 27.8. The Morgan fingerprint density at radius 2 is 0.820 bits per heavy atom. The highest BCUT2D eigenvalue weighted by molar-refractivity contribution is 6.02. The summed E-state index contributed by atoms with van der Waals surface area (Å²) in [4.78, 5) is 74.0. The van der Waals surface area contributed by atoms with Crippen LogP contribution >= 0.6 is 0 Å². The topological polar surface area (TPSA) is 239 Å². The van der Waals surface area contributed by atoms with Gasteiger partial charge in [-0.05, 0) is 179 Å². The molecule has 19 heteroatoms. The fourth-order valence-electron chi connectivity index (χ4n) is 11.8. The van der Waals surface area contributed by atoms with Gasteiger partial charge in [-0.2, -0.15) is 0 Å². The van der Waals surface area contributed by atoms with E-state index >= 15 is 0 Å². The SMILES string of the molecule is CCOC(=O)C1(N)Cc2cccc(F)c2C1.CCOC(=O)C1(NC(=O)c2cccc(C)c2OC2CCC2)Cc2cccc(F)c2C1.Cc1cccc(C(=O)NC2(C(=O)O)Cc3cccc(F)c3C2)c1OC1CCC1.Cc1cccc(C(=O)O)c1OC1CCC1. The number of hydrogen-bond acceptors (Lipinski definition) is 12. The summed E-state index contributed by atoms with van der Waals surface area (Å²) in [5, 5.41) is 24.4. The molecule has 0 bridgehead atoms. The van der Waals surface area contributed by atoms with Crippen molar-refractivity contribution in [3.8, 4) is 17.2 Å². The van der Waals surface area contributed by atoms with Crippen LogP contribution in [-0.2, 0) is 62.4 Å². The first kappa shape index (κ1) is 64.8. The Hall–Kier alpha value is -8.71. The molecule has 6 N–H and O–H groups in total. The van der Waals surface area contributed by atoms with E-state index in [1.807, 2.05) is 39.0 Å². The highest BCUT2D eigenvalue weighted by Gasteiger charge is 2.49. The lowest BCUT2D eigenvalue weighted by Crippen LogP contribution is -2.56. The number of carboxylic acid groups (broad SMARTS) is 2. The Bertz CT molecular complexity index is 3660. The van der Waals surface area contributed by atoms with Crippen LogP contribution in [0.15, 0.2) is 109 Å². The third kappa shape index (κ3) is 14.4. The fraction of sp³-hybridized carbons (Fsp3) is 0.400. The summed E-state index contributed by atoms with van der Waals surface area (Å²) in [5.41, 5.74) is 8.94. The minimum atomic E-state index is -1.57. The van der Waals surface area contributed by atoms with Crippen molar-refractivity contribution in [1.29, 1.82) is 0 Å². The zero-order chi connectivity index (χ0) is 63.8. The van der Waals surface area contributed by atoms with Crippen LogP contribution in [-0.4, -0.2) is 94.0 Å². The Labute approximate surface area is 515 Å². The molecule has 3 fully saturated rings. The Balaban J connectivity index is 0.000000147. The molecule has 0 aliphatic heterocycles. The van der Waals surface area contributed by atoms with Gasteiger partial charge in [0.15, 0.2) is 0 Å². The molecular formula is C70H76F3N3O13. The number of aliphatic carboxylic acids is 1. The highest BCUT2D eigenvalue weighted by atomic mass is 19.1. The fourth-order valence-corrected chi connectivity index (χ4v) is 11.8.